The van der Waals surface area contributed by atoms with Crippen LogP contribution in [0.15, 0.2) is 35.5 Å². The number of halogens is 3. The number of carbonyl (C=O) groups excluding carboxylic acids is 2. The summed E-state index contributed by atoms with van der Waals surface area (Å²) in [6, 6.07) is 3.31. The molecule has 0 aliphatic carbocycles. The molecule has 9 heteroatoms. The Kier molecular flexibility index (Phi) is 5.64. The zero-order valence-electron chi connectivity index (χ0n) is 15.7. The summed E-state index contributed by atoms with van der Waals surface area (Å²) < 4.78 is 46.0. The second kappa shape index (κ2) is 7.83. The SMILES string of the molecule is CCN1C(=O)N[C@@H](c2ccccc2C(F)(F)F)C(C(=O)N2CCOCC2)=C1C. The van der Waals surface area contributed by atoms with Gasteiger partial charge in [-0.25, -0.2) is 4.79 Å². The van der Waals surface area contributed by atoms with Crippen LogP contribution in [0.4, 0.5) is 18.0 Å². The van der Waals surface area contributed by atoms with Gasteiger partial charge >= 0.3 is 12.2 Å². The molecule has 0 radical (unpaired) electrons. The van der Waals surface area contributed by atoms with Gasteiger partial charge in [-0.15, -0.1) is 0 Å². The van der Waals surface area contributed by atoms with Gasteiger partial charge < -0.3 is 15.0 Å². The van der Waals surface area contributed by atoms with Gasteiger partial charge in [0.2, 0.25) is 0 Å². The first kappa shape index (κ1) is 20.2. The maximum atomic E-state index is 13.6. The van der Waals surface area contributed by atoms with E-state index in [-0.39, 0.29) is 17.0 Å². The number of alkyl halides is 3. The number of ether oxygens (including phenoxy) is 1. The number of morpholine rings is 1. The van der Waals surface area contributed by atoms with E-state index in [9.17, 15) is 22.8 Å². The average molecular weight is 397 g/mol. The van der Waals surface area contributed by atoms with Gasteiger partial charge in [-0.05, 0) is 25.5 Å². The van der Waals surface area contributed by atoms with E-state index in [1.165, 1.54) is 23.1 Å². The lowest BCUT2D eigenvalue weighted by atomic mass is 9.90. The van der Waals surface area contributed by atoms with Crippen molar-refractivity contribution in [1.82, 2.24) is 15.1 Å². The molecule has 1 N–H and O–H groups in total. The monoisotopic (exact) mass is 397 g/mol. The van der Waals surface area contributed by atoms with Crippen molar-refractivity contribution < 1.29 is 27.5 Å². The first-order valence-corrected chi connectivity index (χ1v) is 9.07. The van der Waals surface area contributed by atoms with Crippen LogP contribution < -0.4 is 5.32 Å². The summed E-state index contributed by atoms with van der Waals surface area (Å²) in [5.41, 5.74) is -0.495. The fraction of sp³-hybridized carbons (Fsp3) is 0.474. The van der Waals surface area contributed by atoms with E-state index in [4.69, 9.17) is 4.74 Å². The smallest absolute Gasteiger partial charge is 0.378 e. The standard InChI is InChI=1S/C19H22F3N3O3/c1-3-25-12(2)15(17(26)24-8-10-28-11-9-24)16(23-18(25)27)13-6-4-5-7-14(13)19(20,21)22/h4-7,16H,3,8-11H2,1-2H3,(H,23,27)/t16-/m0/s1. The van der Waals surface area contributed by atoms with Gasteiger partial charge in [-0.1, -0.05) is 18.2 Å². The number of amides is 3. The third-order valence-corrected chi connectivity index (χ3v) is 5.02. The number of allylic oxidation sites excluding steroid dienone is 1. The molecule has 2 heterocycles. The number of benzene rings is 1. The van der Waals surface area contributed by atoms with E-state index < -0.39 is 23.8 Å². The fourth-order valence-electron chi connectivity index (χ4n) is 3.62. The maximum Gasteiger partial charge on any atom is 0.416 e. The fourth-order valence-corrected chi connectivity index (χ4v) is 3.62. The molecule has 0 unspecified atom stereocenters. The predicted octanol–water partition coefficient (Wildman–Crippen LogP) is 2.92. The molecule has 1 atom stereocenters. The zero-order valence-corrected chi connectivity index (χ0v) is 15.7. The van der Waals surface area contributed by atoms with Crippen LogP contribution in [0.2, 0.25) is 0 Å². The quantitative estimate of drug-likeness (QED) is 0.853. The van der Waals surface area contributed by atoms with E-state index in [0.29, 0.717) is 38.5 Å². The molecule has 3 rings (SSSR count). The second-order valence-electron chi connectivity index (χ2n) is 6.62. The van der Waals surface area contributed by atoms with Gasteiger partial charge in [-0.3, -0.25) is 9.69 Å². The predicted molar refractivity (Wildman–Crippen MR) is 95.2 cm³/mol. The topological polar surface area (TPSA) is 61.9 Å². The Morgan fingerprint density at radius 3 is 2.50 bits per heavy atom. The molecule has 152 valence electrons. The average Bonchev–Trinajstić information content (AvgIpc) is 2.67. The van der Waals surface area contributed by atoms with E-state index in [1.54, 1.807) is 18.7 Å². The Morgan fingerprint density at radius 1 is 1.25 bits per heavy atom. The van der Waals surface area contributed by atoms with Gasteiger partial charge in [-0.2, -0.15) is 13.2 Å². The van der Waals surface area contributed by atoms with Crippen LogP contribution in [-0.4, -0.2) is 54.6 Å². The molecule has 1 fully saturated rings. The van der Waals surface area contributed by atoms with E-state index in [0.717, 1.165) is 6.07 Å². The molecular weight excluding hydrogens is 375 g/mol. The summed E-state index contributed by atoms with van der Waals surface area (Å²) in [6.07, 6.45) is -4.61. The molecule has 0 spiro atoms. The first-order valence-electron chi connectivity index (χ1n) is 9.07. The van der Waals surface area contributed by atoms with Crippen molar-refractivity contribution in [2.75, 3.05) is 32.8 Å². The Hall–Kier alpha value is -2.55. The third kappa shape index (κ3) is 3.71. The highest BCUT2D eigenvalue weighted by Crippen LogP contribution is 2.39. The van der Waals surface area contributed by atoms with Crippen molar-refractivity contribution in [2.24, 2.45) is 0 Å². The molecule has 2 aliphatic rings. The summed E-state index contributed by atoms with van der Waals surface area (Å²) in [5, 5.41) is 2.60. The van der Waals surface area contributed by atoms with Crippen molar-refractivity contribution in [3.63, 3.8) is 0 Å². The van der Waals surface area contributed by atoms with Crippen LogP contribution in [0.3, 0.4) is 0 Å². The van der Waals surface area contributed by atoms with Gasteiger partial charge in [0, 0.05) is 25.3 Å². The summed E-state index contributed by atoms with van der Waals surface area (Å²) in [6.45, 7) is 5.07. The number of hydrogen-bond acceptors (Lipinski definition) is 3. The van der Waals surface area contributed by atoms with Crippen molar-refractivity contribution in [3.05, 3.63) is 46.7 Å². The van der Waals surface area contributed by atoms with Crippen LogP contribution in [-0.2, 0) is 15.7 Å². The molecule has 3 amide bonds. The minimum absolute atomic E-state index is 0.143. The minimum atomic E-state index is -4.61. The highest BCUT2D eigenvalue weighted by Gasteiger charge is 2.42. The number of hydrogen-bond donors (Lipinski definition) is 1. The highest BCUT2D eigenvalue weighted by molar-refractivity contribution is 5.98. The molecule has 1 aromatic rings. The molecule has 0 saturated carbocycles. The molecule has 2 aliphatic heterocycles. The van der Waals surface area contributed by atoms with E-state index >= 15 is 0 Å². The van der Waals surface area contributed by atoms with Gasteiger partial charge in [0.05, 0.1) is 30.4 Å². The summed E-state index contributed by atoms with van der Waals surface area (Å²) in [7, 11) is 0. The summed E-state index contributed by atoms with van der Waals surface area (Å²) in [4.78, 5) is 28.6. The third-order valence-electron chi connectivity index (χ3n) is 5.02. The summed E-state index contributed by atoms with van der Waals surface area (Å²) >= 11 is 0. The lowest BCUT2D eigenvalue weighted by Crippen LogP contribution is -2.51. The number of urea groups is 1. The van der Waals surface area contributed by atoms with Crippen LogP contribution in [0.1, 0.15) is 31.0 Å². The molecule has 1 saturated heterocycles. The molecule has 1 aromatic carbocycles. The molecule has 0 aromatic heterocycles. The number of nitrogens with one attached hydrogen (secondary N) is 1. The van der Waals surface area contributed by atoms with Crippen LogP contribution in [0, 0.1) is 0 Å². The lowest BCUT2D eigenvalue weighted by Gasteiger charge is -2.38. The second-order valence-corrected chi connectivity index (χ2v) is 6.62. The van der Waals surface area contributed by atoms with Crippen molar-refractivity contribution in [2.45, 2.75) is 26.1 Å². The zero-order chi connectivity index (χ0) is 20.5. The maximum absolute atomic E-state index is 13.6. The highest BCUT2D eigenvalue weighted by atomic mass is 19.4. The van der Waals surface area contributed by atoms with Crippen LogP contribution in [0.25, 0.3) is 0 Å². The van der Waals surface area contributed by atoms with Gasteiger partial charge in [0.25, 0.3) is 5.91 Å². The minimum Gasteiger partial charge on any atom is -0.378 e. The number of rotatable bonds is 3. The summed E-state index contributed by atoms with van der Waals surface area (Å²) in [5.74, 6) is -0.388. The number of carbonyl (C=O) groups is 2. The first-order chi connectivity index (χ1) is 13.3. The largest absolute Gasteiger partial charge is 0.416 e. The van der Waals surface area contributed by atoms with Gasteiger partial charge in [0.15, 0.2) is 0 Å². The molecular formula is C19H22F3N3O3. The van der Waals surface area contributed by atoms with Crippen LogP contribution in [0.5, 0.6) is 0 Å². The van der Waals surface area contributed by atoms with Crippen LogP contribution >= 0.6 is 0 Å². The van der Waals surface area contributed by atoms with Crippen molar-refractivity contribution in [3.8, 4) is 0 Å². The van der Waals surface area contributed by atoms with Gasteiger partial charge in [0.1, 0.15) is 0 Å². The normalized spacial score (nSPS) is 21.0. The van der Waals surface area contributed by atoms with E-state index in [2.05, 4.69) is 5.32 Å². The lowest BCUT2D eigenvalue weighted by molar-refractivity contribution is -0.139. The Bertz CT molecular complexity index is 801. The number of nitrogens with zero attached hydrogens (tertiary/aromatic N) is 2. The molecule has 28 heavy (non-hydrogen) atoms. The Balaban J connectivity index is 2.12. The van der Waals surface area contributed by atoms with Crippen molar-refractivity contribution >= 4 is 11.9 Å². The Labute approximate surface area is 160 Å². The van der Waals surface area contributed by atoms with E-state index in [1.807, 2.05) is 0 Å². The molecule has 6 nitrogen and oxygen atoms in total. The molecule has 0 bridgehead atoms. The Morgan fingerprint density at radius 2 is 1.89 bits per heavy atom. The van der Waals surface area contributed by atoms with Crippen molar-refractivity contribution in [1.29, 1.82) is 0 Å².